The van der Waals surface area contributed by atoms with Gasteiger partial charge in [0.2, 0.25) is 0 Å². The van der Waals surface area contributed by atoms with Gasteiger partial charge in [0.25, 0.3) is 11.8 Å². The van der Waals surface area contributed by atoms with Gasteiger partial charge in [-0.2, -0.15) is 0 Å². The summed E-state index contributed by atoms with van der Waals surface area (Å²) in [5.74, 6) is -5.34. The van der Waals surface area contributed by atoms with Crippen molar-refractivity contribution in [3.8, 4) is 0 Å². The summed E-state index contributed by atoms with van der Waals surface area (Å²) in [6, 6.07) is 4.64. The molecule has 1 aliphatic rings. The number of hydrogen-bond acceptors (Lipinski definition) is 3. The Hall–Kier alpha value is -2.77. The van der Waals surface area contributed by atoms with Crippen molar-refractivity contribution in [1.29, 1.82) is 0 Å². The minimum Gasteiger partial charge on any atom is -0.459 e. The first kappa shape index (κ1) is 17.1. The lowest BCUT2D eigenvalue weighted by atomic mass is 10.0. The summed E-state index contributed by atoms with van der Waals surface area (Å²) in [6.45, 7) is 0.529. The molecule has 5 nitrogen and oxygen atoms in total. The third kappa shape index (κ3) is 3.52. The molecule has 1 N–H and O–H groups in total. The smallest absolute Gasteiger partial charge is 0.287 e. The van der Waals surface area contributed by atoms with Crippen LogP contribution in [0.2, 0.25) is 0 Å². The molecule has 0 spiro atoms. The molecule has 132 valence electrons. The van der Waals surface area contributed by atoms with Gasteiger partial charge in [-0.25, -0.2) is 13.2 Å². The van der Waals surface area contributed by atoms with Crippen molar-refractivity contribution < 1.29 is 27.2 Å². The Bertz CT molecular complexity index is 785. The monoisotopic (exact) mass is 352 g/mol. The molecule has 0 radical (unpaired) electrons. The van der Waals surface area contributed by atoms with Gasteiger partial charge >= 0.3 is 0 Å². The van der Waals surface area contributed by atoms with Gasteiger partial charge in [0.1, 0.15) is 0 Å². The molecule has 8 heteroatoms. The van der Waals surface area contributed by atoms with Gasteiger partial charge < -0.3 is 14.6 Å². The number of hydrogen-bond donors (Lipinski definition) is 1. The maximum atomic E-state index is 13.7. The first-order valence-corrected chi connectivity index (χ1v) is 7.74. The Morgan fingerprint density at radius 3 is 2.44 bits per heavy atom. The van der Waals surface area contributed by atoms with E-state index in [4.69, 9.17) is 4.42 Å². The maximum Gasteiger partial charge on any atom is 0.287 e. The fraction of sp³-hybridized carbons (Fsp3) is 0.294. The quantitative estimate of drug-likeness (QED) is 0.864. The zero-order chi connectivity index (χ0) is 18.0. The Balaban J connectivity index is 1.60. The van der Waals surface area contributed by atoms with E-state index in [-0.39, 0.29) is 30.8 Å². The molecule has 0 saturated carbocycles. The molecule has 2 heterocycles. The molecular formula is C17H15F3N2O3. The number of furan rings is 1. The van der Waals surface area contributed by atoms with Gasteiger partial charge in [0, 0.05) is 19.1 Å². The van der Waals surface area contributed by atoms with Crippen LogP contribution in [-0.2, 0) is 0 Å². The van der Waals surface area contributed by atoms with Crippen molar-refractivity contribution >= 4 is 11.8 Å². The number of carbonyl (C=O) groups excluding carboxylic acids is 2. The van der Waals surface area contributed by atoms with Crippen molar-refractivity contribution in [2.24, 2.45) is 0 Å². The van der Waals surface area contributed by atoms with Crippen molar-refractivity contribution in [3.63, 3.8) is 0 Å². The van der Waals surface area contributed by atoms with Crippen LogP contribution in [0.3, 0.4) is 0 Å². The zero-order valence-electron chi connectivity index (χ0n) is 13.1. The number of piperidine rings is 1. The molecule has 3 rings (SSSR count). The second-order valence-electron chi connectivity index (χ2n) is 5.74. The summed E-state index contributed by atoms with van der Waals surface area (Å²) in [5, 5.41) is 2.79. The number of nitrogens with one attached hydrogen (secondary N) is 1. The fourth-order valence-electron chi connectivity index (χ4n) is 2.75. The van der Waals surface area contributed by atoms with Crippen molar-refractivity contribution in [2.75, 3.05) is 13.1 Å². The van der Waals surface area contributed by atoms with Gasteiger partial charge in [-0.05, 0) is 37.1 Å². The topological polar surface area (TPSA) is 62.6 Å². The standard InChI is InChI=1S/C17H15F3N2O3/c18-12-4-3-11(14(19)15(12)20)17(24)22-7-5-10(6-8-22)21-16(23)13-2-1-9-25-13/h1-4,9-10H,5-8H2,(H,21,23). The summed E-state index contributed by atoms with van der Waals surface area (Å²) < 4.78 is 45.0. The number of halogens is 3. The summed E-state index contributed by atoms with van der Waals surface area (Å²) in [6.07, 6.45) is 2.32. The van der Waals surface area contributed by atoms with Crippen LogP contribution >= 0.6 is 0 Å². The molecule has 0 aliphatic carbocycles. The molecule has 1 saturated heterocycles. The van der Waals surface area contributed by atoms with E-state index < -0.39 is 28.9 Å². The molecule has 0 bridgehead atoms. The van der Waals surface area contributed by atoms with E-state index in [1.807, 2.05) is 0 Å². The van der Waals surface area contributed by atoms with E-state index in [0.29, 0.717) is 12.8 Å². The molecule has 2 amide bonds. The van der Waals surface area contributed by atoms with Crippen LogP contribution in [0.1, 0.15) is 33.8 Å². The third-order valence-electron chi connectivity index (χ3n) is 4.13. The molecule has 0 unspecified atom stereocenters. The Labute approximate surface area is 141 Å². The Morgan fingerprint density at radius 1 is 1.08 bits per heavy atom. The number of nitrogens with zero attached hydrogens (tertiary/aromatic N) is 1. The summed E-state index contributed by atoms with van der Waals surface area (Å²) in [7, 11) is 0. The lowest BCUT2D eigenvalue weighted by Gasteiger charge is -2.32. The zero-order valence-corrected chi connectivity index (χ0v) is 13.1. The van der Waals surface area contributed by atoms with E-state index >= 15 is 0 Å². The van der Waals surface area contributed by atoms with Crippen molar-refractivity contribution in [3.05, 3.63) is 59.3 Å². The van der Waals surface area contributed by atoms with Crippen molar-refractivity contribution in [1.82, 2.24) is 10.2 Å². The normalized spacial score (nSPS) is 15.2. The number of rotatable bonds is 3. The van der Waals surface area contributed by atoms with Crippen LogP contribution in [0.4, 0.5) is 13.2 Å². The Morgan fingerprint density at radius 2 is 1.80 bits per heavy atom. The molecule has 1 fully saturated rings. The highest BCUT2D eigenvalue weighted by Gasteiger charge is 2.28. The number of amides is 2. The van der Waals surface area contributed by atoms with Gasteiger partial charge in [0.15, 0.2) is 23.2 Å². The fourth-order valence-corrected chi connectivity index (χ4v) is 2.75. The molecule has 1 aromatic carbocycles. The lowest BCUT2D eigenvalue weighted by Crippen LogP contribution is -2.46. The average molecular weight is 352 g/mol. The highest BCUT2D eigenvalue weighted by Crippen LogP contribution is 2.19. The van der Waals surface area contributed by atoms with E-state index in [1.165, 1.54) is 11.2 Å². The van der Waals surface area contributed by atoms with Gasteiger partial charge in [0.05, 0.1) is 11.8 Å². The molecule has 1 aromatic heterocycles. The minimum absolute atomic E-state index is 0.156. The average Bonchev–Trinajstić information content (AvgIpc) is 3.15. The second-order valence-corrected chi connectivity index (χ2v) is 5.74. The Kier molecular flexibility index (Phi) is 4.78. The van der Waals surface area contributed by atoms with Gasteiger partial charge in [-0.3, -0.25) is 9.59 Å². The SMILES string of the molecule is O=C(NC1CCN(C(=O)c2ccc(F)c(F)c2F)CC1)c1ccco1. The van der Waals surface area contributed by atoms with Crippen LogP contribution in [0.25, 0.3) is 0 Å². The molecule has 2 aromatic rings. The number of benzene rings is 1. The number of likely N-dealkylation sites (tertiary alicyclic amines) is 1. The highest BCUT2D eigenvalue weighted by atomic mass is 19.2. The molecule has 25 heavy (non-hydrogen) atoms. The van der Waals surface area contributed by atoms with Crippen LogP contribution in [0.5, 0.6) is 0 Å². The molecular weight excluding hydrogens is 337 g/mol. The van der Waals surface area contributed by atoms with E-state index in [0.717, 1.165) is 12.1 Å². The van der Waals surface area contributed by atoms with Gasteiger partial charge in [-0.15, -0.1) is 0 Å². The van der Waals surface area contributed by atoms with E-state index in [2.05, 4.69) is 5.32 Å². The predicted molar refractivity (Wildman–Crippen MR) is 81.4 cm³/mol. The summed E-state index contributed by atoms with van der Waals surface area (Å²) in [4.78, 5) is 25.6. The molecule has 1 aliphatic heterocycles. The van der Waals surface area contributed by atoms with Crippen LogP contribution < -0.4 is 5.32 Å². The van der Waals surface area contributed by atoms with E-state index in [9.17, 15) is 22.8 Å². The maximum absolute atomic E-state index is 13.7. The predicted octanol–water partition coefficient (Wildman–Crippen LogP) is 2.73. The van der Waals surface area contributed by atoms with Crippen molar-refractivity contribution in [2.45, 2.75) is 18.9 Å². The largest absolute Gasteiger partial charge is 0.459 e. The van der Waals surface area contributed by atoms with Crippen LogP contribution in [0.15, 0.2) is 34.9 Å². The van der Waals surface area contributed by atoms with Gasteiger partial charge in [-0.1, -0.05) is 0 Å². The highest BCUT2D eigenvalue weighted by molar-refractivity contribution is 5.94. The number of carbonyl (C=O) groups is 2. The molecule has 0 atom stereocenters. The summed E-state index contributed by atoms with van der Waals surface area (Å²) >= 11 is 0. The first-order valence-electron chi connectivity index (χ1n) is 7.74. The second kappa shape index (κ2) is 7.00. The first-order chi connectivity index (χ1) is 12.0. The van der Waals surface area contributed by atoms with Crippen LogP contribution in [-0.4, -0.2) is 35.8 Å². The van der Waals surface area contributed by atoms with E-state index in [1.54, 1.807) is 12.1 Å². The summed E-state index contributed by atoms with van der Waals surface area (Å²) in [5.41, 5.74) is -0.503. The van der Waals surface area contributed by atoms with Crippen LogP contribution in [0, 0.1) is 17.5 Å². The minimum atomic E-state index is -1.66. The lowest BCUT2D eigenvalue weighted by molar-refractivity contribution is 0.0690. The third-order valence-corrected chi connectivity index (χ3v) is 4.13.